The predicted octanol–water partition coefficient (Wildman–Crippen LogP) is 2.52. The van der Waals surface area contributed by atoms with E-state index in [2.05, 4.69) is 4.98 Å². The lowest BCUT2D eigenvalue weighted by Crippen LogP contribution is -2.14. The van der Waals surface area contributed by atoms with Crippen LogP contribution in [0.1, 0.15) is 11.3 Å². The molecule has 1 atom stereocenters. The van der Waals surface area contributed by atoms with Gasteiger partial charge < -0.3 is 9.84 Å². The molecule has 1 aromatic carbocycles. The summed E-state index contributed by atoms with van der Waals surface area (Å²) in [4.78, 5) is 5.09. The Balaban J connectivity index is 1.68. The summed E-state index contributed by atoms with van der Waals surface area (Å²) in [5.41, 5.74) is 1.78. The topological polar surface area (TPSA) is 42.4 Å². The van der Waals surface area contributed by atoms with Crippen molar-refractivity contribution in [2.24, 2.45) is 0 Å². The van der Waals surface area contributed by atoms with E-state index in [1.165, 1.54) is 0 Å². The number of rotatable bonds is 6. The van der Waals surface area contributed by atoms with Crippen molar-refractivity contribution < 1.29 is 9.84 Å². The summed E-state index contributed by atoms with van der Waals surface area (Å²) in [6.07, 6.45) is 2.72. The summed E-state index contributed by atoms with van der Waals surface area (Å²) in [5.74, 6) is 0.845. The minimum atomic E-state index is -0.362. The molecule has 17 heavy (non-hydrogen) atoms. The monoisotopic (exact) mass is 249 g/mol. The molecule has 3 nitrogen and oxygen atoms in total. The molecule has 0 aliphatic carbocycles. The summed E-state index contributed by atoms with van der Waals surface area (Å²) in [6.45, 7) is 0.532. The highest BCUT2D eigenvalue weighted by molar-refractivity contribution is 7.09. The number of aromatic nitrogens is 1. The quantitative estimate of drug-likeness (QED) is 0.855. The van der Waals surface area contributed by atoms with Crippen LogP contribution in [0.5, 0.6) is 5.75 Å². The second kappa shape index (κ2) is 6.37. The molecule has 0 spiro atoms. The van der Waals surface area contributed by atoms with Gasteiger partial charge in [-0.2, -0.15) is 0 Å². The Morgan fingerprint density at radius 3 is 2.82 bits per heavy atom. The Morgan fingerprint density at radius 2 is 2.12 bits per heavy atom. The number of hydrogen-bond acceptors (Lipinski definition) is 4. The van der Waals surface area contributed by atoms with Gasteiger partial charge in [-0.3, -0.25) is 4.98 Å². The number of thiazole rings is 1. The second-order valence-corrected chi connectivity index (χ2v) is 4.75. The van der Waals surface area contributed by atoms with Crippen LogP contribution in [0.25, 0.3) is 0 Å². The summed E-state index contributed by atoms with van der Waals surface area (Å²) >= 11 is 1.57. The molecule has 1 aromatic heterocycles. The molecule has 0 aliphatic heterocycles. The number of aliphatic hydroxyl groups excluding tert-OH is 1. The fourth-order valence-electron chi connectivity index (χ4n) is 1.51. The van der Waals surface area contributed by atoms with Crippen molar-refractivity contribution in [3.05, 3.63) is 46.9 Å². The van der Waals surface area contributed by atoms with E-state index >= 15 is 0 Å². The molecule has 0 radical (unpaired) electrons. The molecular weight excluding hydrogens is 234 g/mol. The standard InChI is InChI=1S/C13H15NO2S/c15-11(8-13-9-14-10-17-13)6-7-16-12-4-2-1-3-5-12/h1-5,9-11,15H,6-8H2. The zero-order chi connectivity index (χ0) is 11.9. The van der Waals surface area contributed by atoms with Gasteiger partial charge in [0, 0.05) is 23.9 Å². The summed E-state index contributed by atoms with van der Waals surface area (Å²) in [5, 5.41) is 9.80. The van der Waals surface area contributed by atoms with E-state index in [-0.39, 0.29) is 6.10 Å². The Morgan fingerprint density at radius 1 is 1.29 bits per heavy atom. The zero-order valence-electron chi connectivity index (χ0n) is 9.45. The van der Waals surface area contributed by atoms with Gasteiger partial charge >= 0.3 is 0 Å². The smallest absolute Gasteiger partial charge is 0.119 e. The molecule has 0 saturated heterocycles. The Kier molecular flexibility index (Phi) is 4.53. The Hall–Kier alpha value is -1.39. The van der Waals surface area contributed by atoms with E-state index in [0.29, 0.717) is 19.4 Å². The van der Waals surface area contributed by atoms with Crippen LogP contribution in [0.4, 0.5) is 0 Å². The van der Waals surface area contributed by atoms with Gasteiger partial charge in [-0.05, 0) is 12.1 Å². The van der Waals surface area contributed by atoms with Crippen molar-refractivity contribution in [3.8, 4) is 5.75 Å². The Bertz CT molecular complexity index is 416. The molecule has 0 aliphatic rings. The first-order chi connectivity index (χ1) is 8.34. The van der Waals surface area contributed by atoms with Crippen molar-refractivity contribution in [2.75, 3.05) is 6.61 Å². The third kappa shape index (κ3) is 4.17. The molecule has 2 aromatic rings. The van der Waals surface area contributed by atoms with E-state index in [4.69, 9.17) is 4.74 Å². The molecule has 90 valence electrons. The van der Waals surface area contributed by atoms with E-state index in [1.54, 1.807) is 23.0 Å². The SMILES string of the molecule is OC(CCOc1ccccc1)Cc1cncs1. The van der Waals surface area contributed by atoms with Gasteiger partial charge in [0.25, 0.3) is 0 Å². The average molecular weight is 249 g/mol. The molecule has 0 amide bonds. The average Bonchev–Trinajstić information content (AvgIpc) is 2.83. The first kappa shape index (κ1) is 12.1. The van der Waals surface area contributed by atoms with Crippen LogP contribution < -0.4 is 4.74 Å². The van der Waals surface area contributed by atoms with Gasteiger partial charge in [0.05, 0.1) is 18.2 Å². The highest BCUT2D eigenvalue weighted by Gasteiger charge is 2.07. The number of benzene rings is 1. The van der Waals surface area contributed by atoms with Crippen molar-refractivity contribution in [2.45, 2.75) is 18.9 Å². The van der Waals surface area contributed by atoms with Crippen molar-refractivity contribution in [1.82, 2.24) is 4.98 Å². The summed E-state index contributed by atoms with van der Waals surface area (Å²) in [6, 6.07) is 9.64. The first-order valence-corrected chi connectivity index (χ1v) is 6.46. The van der Waals surface area contributed by atoms with Crippen LogP contribution in [-0.4, -0.2) is 22.8 Å². The fraction of sp³-hybridized carbons (Fsp3) is 0.308. The van der Waals surface area contributed by atoms with Crippen LogP contribution in [0.15, 0.2) is 42.0 Å². The lowest BCUT2D eigenvalue weighted by molar-refractivity contribution is 0.140. The van der Waals surface area contributed by atoms with Gasteiger partial charge in [-0.1, -0.05) is 18.2 Å². The molecule has 1 N–H and O–H groups in total. The molecule has 1 unspecified atom stereocenters. The van der Waals surface area contributed by atoms with Gasteiger partial charge in [0.15, 0.2) is 0 Å². The van der Waals surface area contributed by atoms with Gasteiger partial charge in [0.2, 0.25) is 0 Å². The molecule has 4 heteroatoms. The third-order valence-corrected chi connectivity index (χ3v) is 3.19. The molecule has 0 saturated carbocycles. The van der Waals surface area contributed by atoms with E-state index in [1.807, 2.05) is 30.3 Å². The highest BCUT2D eigenvalue weighted by Crippen LogP contribution is 2.12. The number of para-hydroxylation sites is 1. The Labute approximate surface area is 105 Å². The zero-order valence-corrected chi connectivity index (χ0v) is 10.3. The van der Waals surface area contributed by atoms with E-state index in [9.17, 15) is 5.11 Å². The lowest BCUT2D eigenvalue weighted by atomic mass is 10.2. The molecule has 1 heterocycles. The minimum absolute atomic E-state index is 0.362. The lowest BCUT2D eigenvalue weighted by Gasteiger charge is -2.10. The minimum Gasteiger partial charge on any atom is -0.493 e. The molecule has 0 fully saturated rings. The van der Waals surface area contributed by atoms with Crippen LogP contribution in [0.3, 0.4) is 0 Å². The van der Waals surface area contributed by atoms with Crippen LogP contribution in [0.2, 0.25) is 0 Å². The van der Waals surface area contributed by atoms with Crippen LogP contribution in [-0.2, 0) is 6.42 Å². The number of aliphatic hydroxyl groups is 1. The maximum absolute atomic E-state index is 9.80. The molecule has 0 bridgehead atoms. The maximum Gasteiger partial charge on any atom is 0.119 e. The molecule has 2 rings (SSSR count). The molecular formula is C13H15NO2S. The van der Waals surface area contributed by atoms with Crippen LogP contribution >= 0.6 is 11.3 Å². The number of hydrogen-bond donors (Lipinski definition) is 1. The number of nitrogens with zero attached hydrogens (tertiary/aromatic N) is 1. The van der Waals surface area contributed by atoms with E-state index in [0.717, 1.165) is 10.6 Å². The largest absolute Gasteiger partial charge is 0.493 e. The second-order valence-electron chi connectivity index (χ2n) is 3.78. The maximum atomic E-state index is 9.80. The predicted molar refractivity (Wildman–Crippen MR) is 68.4 cm³/mol. The number of ether oxygens (including phenoxy) is 1. The summed E-state index contributed by atoms with van der Waals surface area (Å²) in [7, 11) is 0. The van der Waals surface area contributed by atoms with Gasteiger partial charge in [0.1, 0.15) is 5.75 Å². The first-order valence-electron chi connectivity index (χ1n) is 5.58. The van der Waals surface area contributed by atoms with Crippen molar-refractivity contribution >= 4 is 11.3 Å². The fourth-order valence-corrected chi connectivity index (χ4v) is 2.17. The highest BCUT2D eigenvalue weighted by atomic mass is 32.1. The third-order valence-electron chi connectivity index (χ3n) is 2.38. The van der Waals surface area contributed by atoms with Gasteiger partial charge in [-0.15, -0.1) is 11.3 Å². The summed E-state index contributed by atoms with van der Waals surface area (Å²) < 4.78 is 5.52. The van der Waals surface area contributed by atoms with Crippen molar-refractivity contribution in [3.63, 3.8) is 0 Å². The van der Waals surface area contributed by atoms with Crippen molar-refractivity contribution in [1.29, 1.82) is 0 Å². The van der Waals surface area contributed by atoms with Crippen LogP contribution in [0, 0.1) is 0 Å². The van der Waals surface area contributed by atoms with Gasteiger partial charge in [-0.25, -0.2) is 0 Å². The van der Waals surface area contributed by atoms with E-state index < -0.39 is 0 Å². The normalized spacial score (nSPS) is 12.3.